The molecule has 2 amide bonds. The number of carbonyl (C=O) groups is 1. The van der Waals surface area contributed by atoms with Crippen molar-refractivity contribution in [3.63, 3.8) is 0 Å². The molecule has 0 fully saturated rings. The zero-order valence-corrected chi connectivity index (χ0v) is 14.0. The van der Waals surface area contributed by atoms with Gasteiger partial charge in [-0.2, -0.15) is 0 Å². The molecule has 1 aromatic rings. The molecule has 4 nitrogen and oxygen atoms in total. The summed E-state index contributed by atoms with van der Waals surface area (Å²) in [6.07, 6.45) is 0.749. The maximum absolute atomic E-state index is 11.6. The predicted octanol–water partition coefficient (Wildman–Crippen LogP) is 3.24. The molecule has 0 radical (unpaired) electrons. The molecule has 1 rings (SSSR count). The Morgan fingerprint density at radius 1 is 1.29 bits per heavy atom. The summed E-state index contributed by atoms with van der Waals surface area (Å²) in [5.41, 5.74) is 2.49. The van der Waals surface area contributed by atoms with E-state index in [0.29, 0.717) is 6.54 Å². The van der Waals surface area contributed by atoms with Crippen LogP contribution in [-0.4, -0.2) is 25.7 Å². The fourth-order valence-electron chi connectivity index (χ4n) is 2.06. The van der Waals surface area contributed by atoms with Gasteiger partial charge in [0.1, 0.15) is 5.75 Å². The third kappa shape index (κ3) is 5.66. The molecule has 0 aliphatic rings. The lowest BCUT2D eigenvalue weighted by Crippen LogP contribution is -2.40. The van der Waals surface area contributed by atoms with Gasteiger partial charge in [0.15, 0.2) is 0 Å². The first-order chi connectivity index (χ1) is 9.74. The van der Waals surface area contributed by atoms with E-state index in [-0.39, 0.29) is 17.5 Å². The van der Waals surface area contributed by atoms with Gasteiger partial charge in [-0.15, -0.1) is 0 Å². The maximum Gasteiger partial charge on any atom is 0.314 e. The molecular formula is C17H28N2O2. The Balaban J connectivity index is 2.71. The quantitative estimate of drug-likeness (QED) is 0.875. The Kier molecular flexibility index (Phi) is 6.06. The molecule has 0 saturated carbocycles. The molecule has 21 heavy (non-hydrogen) atoms. The van der Waals surface area contributed by atoms with Gasteiger partial charge in [-0.1, -0.05) is 32.9 Å². The van der Waals surface area contributed by atoms with Crippen LogP contribution in [-0.2, 0) is 11.8 Å². The van der Waals surface area contributed by atoms with Crippen LogP contribution < -0.4 is 15.4 Å². The number of methoxy groups -OCH3 is 1. The van der Waals surface area contributed by atoms with E-state index in [4.69, 9.17) is 4.74 Å². The molecule has 0 atom stereocenters. The summed E-state index contributed by atoms with van der Waals surface area (Å²) in [6.45, 7) is 11.0. The zero-order chi connectivity index (χ0) is 16.0. The van der Waals surface area contributed by atoms with E-state index < -0.39 is 0 Å². The molecule has 0 aliphatic heterocycles. The van der Waals surface area contributed by atoms with Crippen molar-refractivity contribution in [2.45, 2.75) is 52.5 Å². The standard InChI is InChI=1S/C17H28N2O2/c1-12(2)19-16(20)18-10-9-13-11-14(17(3,4)5)7-8-15(13)21-6/h7-8,11-12H,9-10H2,1-6H3,(H2,18,19,20). The monoisotopic (exact) mass is 292 g/mol. The Labute approximate surface area is 128 Å². The van der Waals surface area contributed by atoms with Gasteiger partial charge in [-0.05, 0) is 42.9 Å². The number of carbonyl (C=O) groups excluding carboxylic acids is 1. The van der Waals surface area contributed by atoms with Crippen molar-refractivity contribution in [1.82, 2.24) is 10.6 Å². The van der Waals surface area contributed by atoms with E-state index in [1.54, 1.807) is 7.11 Å². The third-order valence-corrected chi connectivity index (χ3v) is 3.25. The minimum absolute atomic E-state index is 0.101. The number of benzene rings is 1. The summed E-state index contributed by atoms with van der Waals surface area (Å²) in [6, 6.07) is 6.28. The summed E-state index contributed by atoms with van der Waals surface area (Å²) in [7, 11) is 1.68. The first kappa shape index (κ1) is 17.3. The number of rotatable bonds is 5. The largest absolute Gasteiger partial charge is 0.496 e. The second kappa shape index (κ2) is 7.34. The summed E-state index contributed by atoms with van der Waals surface area (Å²) in [5, 5.41) is 5.68. The lowest BCUT2D eigenvalue weighted by atomic mass is 9.85. The van der Waals surface area contributed by atoms with Gasteiger partial charge in [0.25, 0.3) is 0 Å². The van der Waals surface area contributed by atoms with Crippen LogP contribution in [0.25, 0.3) is 0 Å². The molecule has 118 valence electrons. The average Bonchev–Trinajstić information content (AvgIpc) is 2.36. The molecule has 1 aromatic carbocycles. The van der Waals surface area contributed by atoms with E-state index >= 15 is 0 Å². The summed E-state index contributed by atoms with van der Waals surface area (Å²) < 4.78 is 5.41. The minimum Gasteiger partial charge on any atom is -0.496 e. The summed E-state index contributed by atoms with van der Waals surface area (Å²) >= 11 is 0. The molecular weight excluding hydrogens is 264 g/mol. The molecule has 4 heteroatoms. The molecule has 0 aliphatic carbocycles. The number of hydrogen-bond donors (Lipinski definition) is 2. The predicted molar refractivity (Wildman–Crippen MR) is 87.1 cm³/mol. The van der Waals surface area contributed by atoms with Gasteiger partial charge < -0.3 is 15.4 Å². The van der Waals surface area contributed by atoms with Crippen molar-refractivity contribution in [2.24, 2.45) is 0 Å². The number of hydrogen-bond acceptors (Lipinski definition) is 2. The van der Waals surface area contributed by atoms with E-state index in [9.17, 15) is 4.79 Å². The van der Waals surface area contributed by atoms with Crippen molar-refractivity contribution in [2.75, 3.05) is 13.7 Å². The highest BCUT2D eigenvalue weighted by molar-refractivity contribution is 5.74. The Morgan fingerprint density at radius 2 is 1.95 bits per heavy atom. The molecule has 0 saturated heterocycles. The van der Waals surface area contributed by atoms with E-state index in [0.717, 1.165) is 17.7 Å². The van der Waals surface area contributed by atoms with Gasteiger partial charge in [-0.3, -0.25) is 0 Å². The van der Waals surface area contributed by atoms with Crippen molar-refractivity contribution < 1.29 is 9.53 Å². The van der Waals surface area contributed by atoms with Gasteiger partial charge in [0, 0.05) is 12.6 Å². The van der Waals surface area contributed by atoms with Gasteiger partial charge in [-0.25, -0.2) is 4.79 Å². The second-order valence-corrected chi connectivity index (χ2v) is 6.58. The van der Waals surface area contributed by atoms with Crippen molar-refractivity contribution in [1.29, 1.82) is 0 Å². The van der Waals surface area contributed by atoms with Crippen LogP contribution in [0.5, 0.6) is 5.75 Å². The third-order valence-electron chi connectivity index (χ3n) is 3.25. The normalized spacial score (nSPS) is 11.4. The fourth-order valence-corrected chi connectivity index (χ4v) is 2.06. The Bertz CT molecular complexity index is 476. The van der Waals surface area contributed by atoms with Crippen molar-refractivity contribution in [3.05, 3.63) is 29.3 Å². The van der Waals surface area contributed by atoms with E-state index in [1.807, 2.05) is 19.9 Å². The van der Waals surface area contributed by atoms with Gasteiger partial charge in [0.05, 0.1) is 7.11 Å². The van der Waals surface area contributed by atoms with Crippen LogP contribution in [0.4, 0.5) is 4.79 Å². The number of urea groups is 1. The average molecular weight is 292 g/mol. The second-order valence-electron chi connectivity index (χ2n) is 6.58. The van der Waals surface area contributed by atoms with Crippen LogP contribution in [0.3, 0.4) is 0 Å². The zero-order valence-electron chi connectivity index (χ0n) is 14.0. The number of nitrogens with one attached hydrogen (secondary N) is 2. The first-order valence-electron chi connectivity index (χ1n) is 7.46. The van der Waals surface area contributed by atoms with E-state index in [2.05, 4.69) is 43.5 Å². The molecule has 2 N–H and O–H groups in total. The Morgan fingerprint density at radius 3 is 2.48 bits per heavy atom. The summed E-state index contributed by atoms with van der Waals surface area (Å²) in [4.78, 5) is 11.6. The van der Waals surface area contributed by atoms with Crippen molar-refractivity contribution in [3.8, 4) is 5.75 Å². The minimum atomic E-state index is -0.129. The highest BCUT2D eigenvalue weighted by atomic mass is 16.5. The van der Waals surface area contributed by atoms with Crippen LogP contribution in [0.2, 0.25) is 0 Å². The Hall–Kier alpha value is -1.71. The van der Waals surface area contributed by atoms with Crippen LogP contribution in [0.1, 0.15) is 45.7 Å². The molecule has 0 aromatic heterocycles. The highest BCUT2D eigenvalue weighted by Gasteiger charge is 2.15. The number of amides is 2. The molecule has 0 bridgehead atoms. The smallest absolute Gasteiger partial charge is 0.314 e. The first-order valence-corrected chi connectivity index (χ1v) is 7.46. The number of ether oxygens (including phenoxy) is 1. The molecule has 0 spiro atoms. The molecule has 0 heterocycles. The van der Waals surface area contributed by atoms with Crippen LogP contribution in [0.15, 0.2) is 18.2 Å². The SMILES string of the molecule is COc1ccc(C(C)(C)C)cc1CCNC(=O)NC(C)C. The van der Waals surface area contributed by atoms with Crippen LogP contribution in [0, 0.1) is 0 Å². The fraction of sp³-hybridized carbons (Fsp3) is 0.588. The topological polar surface area (TPSA) is 50.4 Å². The van der Waals surface area contributed by atoms with Crippen LogP contribution >= 0.6 is 0 Å². The highest BCUT2D eigenvalue weighted by Crippen LogP contribution is 2.28. The maximum atomic E-state index is 11.6. The van der Waals surface area contributed by atoms with E-state index in [1.165, 1.54) is 5.56 Å². The lowest BCUT2D eigenvalue weighted by molar-refractivity contribution is 0.238. The van der Waals surface area contributed by atoms with Gasteiger partial charge in [0.2, 0.25) is 0 Å². The van der Waals surface area contributed by atoms with Gasteiger partial charge >= 0.3 is 6.03 Å². The molecule has 0 unspecified atom stereocenters. The lowest BCUT2D eigenvalue weighted by Gasteiger charge is -2.21. The van der Waals surface area contributed by atoms with Crippen molar-refractivity contribution >= 4 is 6.03 Å². The summed E-state index contributed by atoms with van der Waals surface area (Å²) in [5.74, 6) is 0.870.